The lowest BCUT2D eigenvalue weighted by Gasteiger charge is -2.31. The monoisotopic (exact) mass is 472 g/mol. The number of sulfonamides is 1. The van der Waals surface area contributed by atoms with E-state index in [4.69, 9.17) is 32.7 Å². The number of benzene rings is 2. The van der Waals surface area contributed by atoms with Crippen LogP contribution in [0, 0.1) is 5.92 Å². The molecule has 1 fully saturated rings. The van der Waals surface area contributed by atoms with Gasteiger partial charge in [-0.15, -0.1) is 0 Å². The fraction of sp³-hybridized carbons (Fsp3) is 0.350. The van der Waals surface area contributed by atoms with E-state index >= 15 is 0 Å². The molecule has 7 nitrogen and oxygen atoms in total. The molecule has 1 heterocycles. The molecule has 0 aliphatic carbocycles. The van der Waals surface area contributed by atoms with E-state index in [0.29, 0.717) is 46.6 Å². The van der Waals surface area contributed by atoms with Crippen molar-refractivity contribution in [3.63, 3.8) is 0 Å². The number of hydrogen-bond acceptors (Lipinski definition) is 5. The van der Waals surface area contributed by atoms with Gasteiger partial charge in [0.05, 0.1) is 35.1 Å². The average Bonchev–Trinajstić information content (AvgIpc) is 2.75. The number of rotatable bonds is 6. The topological polar surface area (TPSA) is 84.9 Å². The van der Waals surface area contributed by atoms with Gasteiger partial charge in [0.2, 0.25) is 15.9 Å². The Labute approximate surface area is 185 Å². The van der Waals surface area contributed by atoms with E-state index in [1.54, 1.807) is 24.3 Å². The molecule has 1 amide bonds. The Bertz CT molecular complexity index is 1050. The van der Waals surface area contributed by atoms with Crippen molar-refractivity contribution in [1.29, 1.82) is 0 Å². The van der Waals surface area contributed by atoms with E-state index in [1.165, 1.54) is 30.7 Å². The van der Waals surface area contributed by atoms with Gasteiger partial charge in [0.15, 0.2) is 11.5 Å². The molecule has 162 valence electrons. The van der Waals surface area contributed by atoms with Gasteiger partial charge in [0.1, 0.15) is 0 Å². The first-order chi connectivity index (χ1) is 14.3. The molecule has 2 aromatic rings. The van der Waals surface area contributed by atoms with Crippen LogP contribution in [-0.2, 0) is 14.8 Å². The number of amides is 1. The molecule has 0 unspecified atom stereocenters. The minimum atomic E-state index is -3.79. The normalized spacial score (nSPS) is 17.4. The minimum absolute atomic E-state index is 0.0871. The Morgan fingerprint density at radius 1 is 1.07 bits per heavy atom. The SMILES string of the molecule is COc1ccc(S(=O)(=O)N2CCC[C@@H](C(=O)Nc3ccc(Cl)c(Cl)c3)C2)cc1OC. The van der Waals surface area contributed by atoms with E-state index in [2.05, 4.69) is 5.32 Å². The van der Waals surface area contributed by atoms with Crippen molar-refractivity contribution in [2.24, 2.45) is 5.92 Å². The molecule has 2 aromatic carbocycles. The highest BCUT2D eigenvalue weighted by Gasteiger charge is 2.33. The maximum Gasteiger partial charge on any atom is 0.243 e. The molecule has 1 aliphatic heterocycles. The number of ether oxygens (including phenoxy) is 2. The second kappa shape index (κ2) is 9.43. The van der Waals surface area contributed by atoms with Crippen molar-refractivity contribution < 1.29 is 22.7 Å². The summed E-state index contributed by atoms with van der Waals surface area (Å²) in [6.07, 6.45) is 1.16. The molecular weight excluding hydrogens is 451 g/mol. The zero-order chi connectivity index (χ0) is 21.9. The highest BCUT2D eigenvalue weighted by molar-refractivity contribution is 7.89. The number of hydrogen-bond donors (Lipinski definition) is 1. The van der Waals surface area contributed by atoms with Gasteiger partial charge in [-0.3, -0.25) is 4.79 Å². The van der Waals surface area contributed by atoms with E-state index in [0.717, 1.165) is 0 Å². The Morgan fingerprint density at radius 3 is 2.47 bits per heavy atom. The molecule has 1 aliphatic rings. The fourth-order valence-corrected chi connectivity index (χ4v) is 5.16. The molecule has 0 radical (unpaired) electrons. The van der Waals surface area contributed by atoms with E-state index in [9.17, 15) is 13.2 Å². The summed E-state index contributed by atoms with van der Waals surface area (Å²) >= 11 is 11.9. The standard InChI is InChI=1S/C20H22Cl2N2O5S/c1-28-18-8-6-15(11-19(18)29-2)30(26,27)24-9-3-4-13(12-24)20(25)23-14-5-7-16(21)17(22)10-14/h5-8,10-11,13H,3-4,9,12H2,1-2H3,(H,23,25)/t13-/m1/s1. The lowest BCUT2D eigenvalue weighted by molar-refractivity contribution is -0.120. The maximum atomic E-state index is 13.1. The third-order valence-corrected chi connectivity index (χ3v) is 7.53. The van der Waals surface area contributed by atoms with Crippen molar-refractivity contribution in [3.8, 4) is 11.5 Å². The minimum Gasteiger partial charge on any atom is -0.493 e. The van der Waals surface area contributed by atoms with Crippen LogP contribution in [0.2, 0.25) is 10.0 Å². The first-order valence-electron chi connectivity index (χ1n) is 9.24. The molecule has 0 bridgehead atoms. The predicted molar refractivity (Wildman–Crippen MR) is 116 cm³/mol. The summed E-state index contributed by atoms with van der Waals surface area (Å²) in [5.74, 6) is 0.0159. The van der Waals surface area contributed by atoms with Crippen molar-refractivity contribution in [1.82, 2.24) is 4.31 Å². The summed E-state index contributed by atoms with van der Waals surface area (Å²) in [7, 11) is -0.869. The maximum absolute atomic E-state index is 13.1. The molecular formula is C20H22Cl2N2O5S. The molecule has 0 aromatic heterocycles. The largest absolute Gasteiger partial charge is 0.493 e. The zero-order valence-corrected chi connectivity index (χ0v) is 18.9. The molecule has 0 saturated carbocycles. The summed E-state index contributed by atoms with van der Waals surface area (Å²) in [6.45, 7) is 0.428. The van der Waals surface area contributed by atoms with Gasteiger partial charge in [0, 0.05) is 24.8 Å². The van der Waals surface area contributed by atoms with Gasteiger partial charge in [-0.05, 0) is 43.2 Å². The Morgan fingerprint density at radius 2 is 1.80 bits per heavy atom. The number of carbonyl (C=O) groups excluding carboxylic acids is 1. The summed E-state index contributed by atoms with van der Waals surface area (Å²) in [6, 6.07) is 9.23. The van der Waals surface area contributed by atoms with Crippen LogP contribution < -0.4 is 14.8 Å². The van der Waals surface area contributed by atoms with Gasteiger partial charge in [-0.2, -0.15) is 4.31 Å². The molecule has 1 N–H and O–H groups in total. The number of halogens is 2. The summed E-state index contributed by atoms with van der Waals surface area (Å²) in [5.41, 5.74) is 0.509. The number of anilines is 1. The zero-order valence-electron chi connectivity index (χ0n) is 16.5. The second-order valence-electron chi connectivity index (χ2n) is 6.84. The number of methoxy groups -OCH3 is 2. The summed E-state index contributed by atoms with van der Waals surface area (Å²) < 4.78 is 38.0. The highest BCUT2D eigenvalue weighted by Crippen LogP contribution is 2.32. The lowest BCUT2D eigenvalue weighted by Crippen LogP contribution is -2.43. The summed E-state index contributed by atoms with van der Waals surface area (Å²) in [5, 5.41) is 3.50. The first kappa shape index (κ1) is 22.7. The van der Waals surface area contributed by atoms with Crippen LogP contribution in [0.15, 0.2) is 41.3 Å². The lowest BCUT2D eigenvalue weighted by atomic mass is 9.99. The quantitative estimate of drug-likeness (QED) is 0.685. The van der Waals surface area contributed by atoms with Crippen LogP contribution in [0.1, 0.15) is 12.8 Å². The Hall–Kier alpha value is -2.00. The molecule has 1 atom stereocenters. The van der Waals surface area contributed by atoms with Crippen LogP contribution in [0.5, 0.6) is 11.5 Å². The molecule has 10 heteroatoms. The van der Waals surface area contributed by atoms with E-state index in [1.807, 2.05) is 0 Å². The second-order valence-corrected chi connectivity index (χ2v) is 9.59. The van der Waals surface area contributed by atoms with Crippen molar-refractivity contribution in [2.75, 3.05) is 32.6 Å². The van der Waals surface area contributed by atoms with Gasteiger partial charge < -0.3 is 14.8 Å². The molecule has 0 spiro atoms. The van der Waals surface area contributed by atoms with Crippen LogP contribution in [0.4, 0.5) is 5.69 Å². The number of nitrogens with zero attached hydrogens (tertiary/aromatic N) is 1. The molecule has 3 rings (SSSR count). The van der Waals surface area contributed by atoms with Gasteiger partial charge in [-0.1, -0.05) is 23.2 Å². The predicted octanol–water partition coefficient (Wildman–Crippen LogP) is 4.05. The Balaban J connectivity index is 1.76. The smallest absolute Gasteiger partial charge is 0.243 e. The average molecular weight is 473 g/mol. The van der Waals surface area contributed by atoms with Crippen molar-refractivity contribution in [2.45, 2.75) is 17.7 Å². The van der Waals surface area contributed by atoms with E-state index < -0.39 is 15.9 Å². The van der Waals surface area contributed by atoms with Gasteiger partial charge >= 0.3 is 0 Å². The fourth-order valence-electron chi connectivity index (χ4n) is 3.32. The number of nitrogens with one attached hydrogen (secondary N) is 1. The summed E-state index contributed by atoms with van der Waals surface area (Å²) in [4.78, 5) is 12.8. The van der Waals surface area contributed by atoms with Crippen LogP contribution in [0.3, 0.4) is 0 Å². The number of carbonyl (C=O) groups is 1. The van der Waals surface area contributed by atoms with Crippen LogP contribution in [-0.4, -0.2) is 45.9 Å². The third-order valence-electron chi connectivity index (χ3n) is 4.93. The van der Waals surface area contributed by atoms with E-state index in [-0.39, 0.29) is 17.3 Å². The van der Waals surface area contributed by atoms with Gasteiger partial charge in [0.25, 0.3) is 0 Å². The third kappa shape index (κ3) is 4.83. The van der Waals surface area contributed by atoms with Crippen molar-refractivity contribution >= 4 is 44.8 Å². The van der Waals surface area contributed by atoms with Crippen LogP contribution >= 0.6 is 23.2 Å². The Kier molecular flexibility index (Phi) is 7.13. The number of piperidine rings is 1. The highest BCUT2D eigenvalue weighted by atomic mass is 35.5. The van der Waals surface area contributed by atoms with Crippen molar-refractivity contribution in [3.05, 3.63) is 46.4 Å². The van der Waals surface area contributed by atoms with Gasteiger partial charge in [-0.25, -0.2) is 8.42 Å². The van der Waals surface area contributed by atoms with Crippen LogP contribution in [0.25, 0.3) is 0 Å². The molecule has 1 saturated heterocycles. The molecule has 30 heavy (non-hydrogen) atoms. The first-order valence-corrected chi connectivity index (χ1v) is 11.4.